The van der Waals surface area contributed by atoms with Crippen molar-refractivity contribution in [3.63, 3.8) is 0 Å². The number of pyridine rings is 1. The first-order chi connectivity index (χ1) is 12.1. The average molecular weight is 350 g/mol. The van der Waals surface area contributed by atoms with E-state index in [2.05, 4.69) is 30.2 Å². The first-order valence-electron chi connectivity index (χ1n) is 8.42. The second-order valence-electron chi connectivity index (χ2n) is 6.36. The third-order valence-electron chi connectivity index (χ3n) is 4.15. The van der Waals surface area contributed by atoms with Crippen molar-refractivity contribution in [2.24, 2.45) is 0 Å². The summed E-state index contributed by atoms with van der Waals surface area (Å²) in [6, 6.07) is 16.2. The Morgan fingerprint density at radius 3 is 2.68 bits per heavy atom. The van der Waals surface area contributed by atoms with Crippen LogP contribution in [0.4, 0.5) is 5.69 Å². The number of aryl methyl sites for hydroxylation is 1. The topological polar surface area (TPSA) is 42.0 Å². The Hall–Kier alpha value is -2.33. The van der Waals surface area contributed by atoms with Gasteiger partial charge in [-0.1, -0.05) is 50.2 Å². The van der Waals surface area contributed by atoms with Gasteiger partial charge in [-0.15, -0.1) is 11.8 Å². The van der Waals surface area contributed by atoms with Crippen molar-refractivity contribution in [1.82, 2.24) is 4.98 Å². The van der Waals surface area contributed by atoms with Gasteiger partial charge in [0.2, 0.25) is 5.91 Å². The maximum absolute atomic E-state index is 12.5. The van der Waals surface area contributed by atoms with Crippen LogP contribution in [0.25, 0.3) is 10.9 Å². The van der Waals surface area contributed by atoms with Gasteiger partial charge in [-0.05, 0) is 36.1 Å². The van der Waals surface area contributed by atoms with Crippen LogP contribution < -0.4 is 5.32 Å². The van der Waals surface area contributed by atoms with Crippen LogP contribution in [0.2, 0.25) is 0 Å². The summed E-state index contributed by atoms with van der Waals surface area (Å²) in [5.74, 6) is 0.737. The zero-order valence-corrected chi connectivity index (χ0v) is 15.6. The van der Waals surface area contributed by atoms with Crippen molar-refractivity contribution in [3.05, 3.63) is 65.9 Å². The van der Waals surface area contributed by atoms with Gasteiger partial charge < -0.3 is 5.32 Å². The lowest BCUT2D eigenvalue weighted by Crippen LogP contribution is -2.16. The van der Waals surface area contributed by atoms with Crippen LogP contribution in [0, 0.1) is 6.92 Å². The van der Waals surface area contributed by atoms with E-state index in [1.54, 1.807) is 6.20 Å². The second kappa shape index (κ2) is 7.70. The van der Waals surface area contributed by atoms with Crippen LogP contribution >= 0.6 is 11.8 Å². The molecule has 3 rings (SSSR count). The van der Waals surface area contributed by atoms with E-state index in [-0.39, 0.29) is 5.91 Å². The Morgan fingerprint density at radius 2 is 1.88 bits per heavy atom. The molecule has 4 heteroatoms. The molecule has 0 aliphatic carbocycles. The molecule has 0 aliphatic heterocycles. The maximum atomic E-state index is 12.5. The monoisotopic (exact) mass is 350 g/mol. The van der Waals surface area contributed by atoms with Crippen molar-refractivity contribution >= 4 is 34.3 Å². The van der Waals surface area contributed by atoms with Crippen molar-refractivity contribution in [3.8, 4) is 0 Å². The van der Waals surface area contributed by atoms with Gasteiger partial charge in [0.15, 0.2) is 0 Å². The molecule has 0 unspecified atom stereocenters. The maximum Gasteiger partial charge on any atom is 0.234 e. The second-order valence-corrected chi connectivity index (χ2v) is 7.38. The summed E-state index contributed by atoms with van der Waals surface area (Å²) >= 11 is 1.52. The number of fused-ring (bicyclic) bond motifs is 1. The Balaban J connectivity index is 1.74. The minimum absolute atomic E-state index is 0.00846. The normalized spacial score (nSPS) is 11.0. The number of amides is 1. The fourth-order valence-electron chi connectivity index (χ4n) is 2.85. The van der Waals surface area contributed by atoms with E-state index in [1.165, 1.54) is 17.3 Å². The van der Waals surface area contributed by atoms with Gasteiger partial charge in [0.05, 0.1) is 11.3 Å². The highest BCUT2D eigenvalue weighted by Gasteiger charge is 2.13. The van der Waals surface area contributed by atoms with E-state index < -0.39 is 0 Å². The van der Waals surface area contributed by atoms with Gasteiger partial charge in [-0.2, -0.15) is 0 Å². The first kappa shape index (κ1) is 17.5. The highest BCUT2D eigenvalue weighted by Crippen LogP contribution is 2.29. The summed E-state index contributed by atoms with van der Waals surface area (Å²) in [6.07, 6.45) is 1.79. The van der Waals surface area contributed by atoms with Crippen molar-refractivity contribution in [2.75, 3.05) is 11.1 Å². The Morgan fingerprint density at radius 1 is 1.12 bits per heavy atom. The third-order valence-corrected chi connectivity index (χ3v) is 5.19. The number of nitrogens with zero attached hydrogens (tertiary/aromatic N) is 1. The van der Waals surface area contributed by atoms with Gasteiger partial charge in [0, 0.05) is 22.2 Å². The van der Waals surface area contributed by atoms with E-state index in [9.17, 15) is 4.79 Å². The summed E-state index contributed by atoms with van der Waals surface area (Å²) in [6.45, 7) is 6.31. The zero-order chi connectivity index (χ0) is 17.8. The van der Waals surface area contributed by atoms with Gasteiger partial charge in [0.1, 0.15) is 0 Å². The molecule has 2 aromatic carbocycles. The Labute approximate surface area is 152 Å². The Bertz CT molecular complexity index is 900. The number of nitrogens with one attached hydrogen (secondary N) is 1. The number of hydrogen-bond acceptors (Lipinski definition) is 3. The SMILES string of the molecule is Cc1cccc(C(C)C)c1NC(=O)CSc1cccc2cccnc12. The van der Waals surface area contributed by atoms with Crippen molar-refractivity contribution in [1.29, 1.82) is 0 Å². The van der Waals surface area contributed by atoms with E-state index in [0.29, 0.717) is 11.7 Å². The minimum Gasteiger partial charge on any atom is -0.325 e. The van der Waals surface area contributed by atoms with Gasteiger partial charge in [-0.25, -0.2) is 0 Å². The summed E-state index contributed by atoms with van der Waals surface area (Å²) in [5, 5.41) is 4.19. The van der Waals surface area contributed by atoms with E-state index in [4.69, 9.17) is 0 Å². The summed E-state index contributed by atoms with van der Waals surface area (Å²) in [7, 11) is 0. The molecule has 0 bridgehead atoms. The number of anilines is 1. The fourth-order valence-corrected chi connectivity index (χ4v) is 3.69. The number of thioether (sulfide) groups is 1. The molecule has 25 heavy (non-hydrogen) atoms. The molecular formula is C21H22N2OS. The van der Waals surface area contributed by atoms with Gasteiger partial charge in [0.25, 0.3) is 0 Å². The standard InChI is InChI=1S/C21H22N2OS/c1-14(2)17-10-4-7-15(3)20(17)23-19(24)13-25-18-11-5-8-16-9-6-12-22-21(16)18/h4-12,14H,13H2,1-3H3,(H,23,24). The largest absolute Gasteiger partial charge is 0.325 e. The highest BCUT2D eigenvalue weighted by molar-refractivity contribution is 8.00. The summed E-state index contributed by atoms with van der Waals surface area (Å²) in [5.41, 5.74) is 4.15. The number of para-hydroxylation sites is 2. The summed E-state index contributed by atoms with van der Waals surface area (Å²) < 4.78 is 0. The number of hydrogen-bond donors (Lipinski definition) is 1. The number of rotatable bonds is 5. The molecule has 0 aliphatic rings. The molecule has 1 heterocycles. The van der Waals surface area contributed by atoms with Crippen molar-refractivity contribution in [2.45, 2.75) is 31.6 Å². The molecule has 3 aromatic rings. The Kier molecular flexibility index (Phi) is 5.39. The molecule has 0 fully saturated rings. The number of carbonyl (C=O) groups excluding carboxylic acids is 1. The number of aromatic nitrogens is 1. The third kappa shape index (κ3) is 4.02. The lowest BCUT2D eigenvalue weighted by Gasteiger charge is -2.16. The fraction of sp³-hybridized carbons (Fsp3) is 0.238. The molecule has 1 aromatic heterocycles. The molecule has 1 N–H and O–H groups in total. The van der Waals surface area contributed by atoms with Crippen molar-refractivity contribution < 1.29 is 4.79 Å². The predicted octanol–water partition coefficient (Wildman–Crippen LogP) is 5.40. The first-order valence-corrected chi connectivity index (χ1v) is 9.40. The molecule has 0 saturated carbocycles. The molecule has 0 spiro atoms. The minimum atomic E-state index is 0.00846. The van der Waals surface area contributed by atoms with Crippen LogP contribution in [-0.2, 0) is 4.79 Å². The average Bonchev–Trinajstić information content (AvgIpc) is 2.61. The molecule has 1 amide bonds. The molecule has 0 radical (unpaired) electrons. The van der Waals surface area contributed by atoms with Crippen LogP contribution in [0.1, 0.15) is 30.9 Å². The van der Waals surface area contributed by atoms with Crippen LogP contribution in [-0.4, -0.2) is 16.6 Å². The van der Waals surface area contributed by atoms with Crippen LogP contribution in [0.5, 0.6) is 0 Å². The molecule has 0 atom stereocenters. The zero-order valence-electron chi connectivity index (χ0n) is 14.7. The smallest absolute Gasteiger partial charge is 0.234 e. The number of carbonyl (C=O) groups is 1. The molecule has 3 nitrogen and oxygen atoms in total. The molecule has 0 saturated heterocycles. The van der Waals surface area contributed by atoms with Gasteiger partial charge in [-0.3, -0.25) is 9.78 Å². The van der Waals surface area contributed by atoms with E-state index in [0.717, 1.165) is 27.0 Å². The lowest BCUT2D eigenvalue weighted by molar-refractivity contribution is -0.113. The summed E-state index contributed by atoms with van der Waals surface area (Å²) in [4.78, 5) is 18.0. The number of benzene rings is 2. The van der Waals surface area contributed by atoms with E-state index >= 15 is 0 Å². The lowest BCUT2D eigenvalue weighted by atomic mass is 9.98. The predicted molar refractivity (Wildman–Crippen MR) is 106 cm³/mol. The van der Waals surface area contributed by atoms with Crippen LogP contribution in [0.15, 0.2) is 59.6 Å². The quantitative estimate of drug-likeness (QED) is 0.627. The van der Waals surface area contributed by atoms with Crippen LogP contribution in [0.3, 0.4) is 0 Å². The molecule has 128 valence electrons. The molecular weight excluding hydrogens is 328 g/mol. The van der Waals surface area contributed by atoms with E-state index in [1.807, 2.05) is 49.4 Å². The van der Waals surface area contributed by atoms with Gasteiger partial charge >= 0.3 is 0 Å². The highest BCUT2D eigenvalue weighted by atomic mass is 32.2.